The highest BCUT2D eigenvalue weighted by Gasteiger charge is 2.28. The largest absolute Gasteiger partial charge is 0.356 e. The molecule has 5 heteroatoms. The lowest BCUT2D eigenvalue weighted by Gasteiger charge is -2.26. The van der Waals surface area contributed by atoms with Gasteiger partial charge in [0.15, 0.2) is 5.78 Å². The number of amides is 1. The number of carbonyl (C=O) groups excluding carboxylic acids is 2. The van der Waals surface area contributed by atoms with Gasteiger partial charge < -0.3 is 10.2 Å². The molecule has 0 aliphatic carbocycles. The maximum absolute atomic E-state index is 13.0. The molecule has 0 unspecified atom stereocenters. The number of hydrogen-bond donors (Lipinski definition) is 1. The second kappa shape index (κ2) is 8.02. The minimum Gasteiger partial charge on any atom is -0.356 e. The van der Waals surface area contributed by atoms with Crippen LogP contribution in [-0.4, -0.2) is 29.8 Å². The van der Waals surface area contributed by atoms with Gasteiger partial charge in [-0.05, 0) is 57.9 Å². The van der Waals surface area contributed by atoms with Gasteiger partial charge in [0.05, 0.1) is 5.56 Å². The van der Waals surface area contributed by atoms with E-state index in [-0.39, 0.29) is 13.1 Å². The van der Waals surface area contributed by atoms with Crippen molar-refractivity contribution in [2.75, 3.05) is 18.0 Å². The first kappa shape index (κ1) is 20.1. The number of pyridine rings is 1. The summed E-state index contributed by atoms with van der Waals surface area (Å²) in [6.45, 7) is 13.4. The Morgan fingerprint density at radius 3 is 2.58 bits per heavy atom. The van der Waals surface area contributed by atoms with Crippen LogP contribution in [-0.2, 0) is 0 Å². The molecule has 1 fully saturated rings. The summed E-state index contributed by atoms with van der Waals surface area (Å²) >= 11 is 0. The Bertz CT molecular complexity index is 741. The Labute approximate surface area is 158 Å². The number of nitrogens with one attached hydrogen (secondary N) is 1. The van der Waals surface area contributed by atoms with Crippen LogP contribution in [0.1, 0.15) is 81.6 Å². The molecule has 1 aromatic rings. The maximum Gasteiger partial charge on any atom is 0.259 e. The van der Waals surface area contributed by atoms with Crippen LogP contribution in [0.5, 0.6) is 0 Å². The average Bonchev–Trinajstić information content (AvgIpc) is 2.74. The van der Waals surface area contributed by atoms with Crippen molar-refractivity contribution in [1.82, 2.24) is 10.3 Å². The Balaban J connectivity index is 0.00000364. The van der Waals surface area contributed by atoms with Crippen LogP contribution >= 0.6 is 0 Å². The van der Waals surface area contributed by atoms with Gasteiger partial charge in [-0.1, -0.05) is 19.9 Å². The number of carbonyl (C=O) groups is 2. The van der Waals surface area contributed by atoms with Crippen LogP contribution < -0.4 is 10.2 Å². The van der Waals surface area contributed by atoms with Crippen molar-refractivity contribution in [2.24, 2.45) is 5.41 Å². The van der Waals surface area contributed by atoms with Gasteiger partial charge in [0.25, 0.3) is 5.91 Å². The first-order valence-corrected chi connectivity index (χ1v) is 9.36. The van der Waals surface area contributed by atoms with Crippen LogP contribution in [0.3, 0.4) is 0 Å². The van der Waals surface area contributed by atoms with E-state index in [1.165, 1.54) is 6.92 Å². The molecule has 2 rings (SSSR count). The lowest BCUT2D eigenvalue weighted by molar-refractivity contribution is 0.0965. The SMILES string of the molecule is C/C=C(\C)NC(=O)c1c(N2CCCC(C)(C)CC2)ncc(C(C)=O)c1C.[HH]. The molecular formula is C21H33N3O2. The summed E-state index contributed by atoms with van der Waals surface area (Å²) in [5.41, 5.74) is 2.80. The smallest absolute Gasteiger partial charge is 0.259 e. The molecule has 1 aromatic heterocycles. The molecule has 1 aliphatic heterocycles. The molecule has 0 bridgehead atoms. The second-order valence-electron chi connectivity index (χ2n) is 7.98. The van der Waals surface area contributed by atoms with Crippen LogP contribution in [0.15, 0.2) is 18.0 Å². The van der Waals surface area contributed by atoms with Crippen molar-refractivity contribution in [3.05, 3.63) is 34.7 Å². The fraction of sp³-hybridized carbons (Fsp3) is 0.571. The zero-order valence-electron chi connectivity index (χ0n) is 16.9. The van der Waals surface area contributed by atoms with Crippen molar-refractivity contribution in [2.45, 2.75) is 60.8 Å². The first-order valence-electron chi connectivity index (χ1n) is 9.36. The van der Waals surface area contributed by atoms with E-state index in [4.69, 9.17) is 0 Å². The predicted octanol–water partition coefficient (Wildman–Crippen LogP) is 4.51. The van der Waals surface area contributed by atoms with Gasteiger partial charge >= 0.3 is 0 Å². The van der Waals surface area contributed by atoms with Gasteiger partial charge in [-0.15, -0.1) is 0 Å². The normalized spacial score (nSPS) is 17.6. The Kier molecular flexibility index (Phi) is 6.21. The number of Topliss-reactive ketones (excluding diaryl/α,β-unsaturated/α-hetero) is 1. The van der Waals surface area contributed by atoms with E-state index in [2.05, 4.69) is 29.0 Å². The predicted molar refractivity (Wildman–Crippen MR) is 108 cm³/mol. The second-order valence-corrected chi connectivity index (χ2v) is 7.98. The molecule has 26 heavy (non-hydrogen) atoms. The van der Waals surface area contributed by atoms with E-state index >= 15 is 0 Å². The van der Waals surface area contributed by atoms with Crippen molar-refractivity contribution in [3.8, 4) is 0 Å². The molecule has 0 radical (unpaired) electrons. The topological polar surface area (TPSA) is 62.3 Å². The van der Waals surface area contributed by atoms with Gasteiger partial charge in [-0.25, -0.2) is 4.98 Å². The molecule has 0 saturated carbocycles. The van der Waals surface area contributed by atoms with Crippen molar-refractivity contribution in [1.29, 1.82) is 0 Å². The van der Waals surface area contributed by atoms with Crippen molar-refractivity contribution in [3.63, 3.8) is 0 Å². The third-order valence-electron chi connectivity index (χ3n) is 5.31. The molecule has 0 spiro atoms. The number of allylic oxidation sites excluding steroid dienone is 2. The summed E-state index contributed by atoms with van der Waals surface area (Å²) in [4.78, 5) is 31.7. The molecule has 1 N–H and O–H groups in total. The fourth-order valence-electron chi connectivity index (χ4n) is 3.40. The number of hydrogen-bond acceptors (Lipinski definition) is 4. The summed E-state index contributed by atoms with van der Waals surface area (Å²) in [5.74, 6) is 0.411. The molecule has 2 heterocycles. The summed E-state index contributed by atoms with van der Waals surface area (Å²) in [6, 6.07) is 0. The van der Waals surface area contributed by atoms with Crippen LogP contribution in [0.4, 0.5) is 5.82 Å². The molecule has 144 valence electrons. The highest BCUT2D eigenvalue weighted by Crippen LogP contribution is 2.33. The summed E-state index contributed by atoms with van der Waals surface area (Å²) < 4.78 is 0. The van der Waals surface area contributed by atoms with Gasteiger partial charge in [0, 0.05) is 32.0 Å². The van der Waals surface area contributed by atoms with Crippen LogP contribution in [0.25, 0.3) is 0 Å². The third kappa shape index (κ3) is 4.51. The molecule has 0 atom stereocenters. The molecule has 0 aromatic carbocycles. The number of anilines is 1. The Hall–Kier alpha value is -2.17. The van der Waals surface area contributed by atoms with Crippen molar-refractivity contribution < 1.29 is 11.0 Å². The summed E-state index contributed by atoms with van der Waals surface area (Å²) in [5, 5.41) is 2.91. The van der Waals surface area contributed by atoms with E-state index in [1.54, 1.807) is 6.20 Å². The average molecular weight is 360 g/mol. The molecule has 5 nitrogen and oxygen atoms in total. The minimum atomic E-state index is -0.202. The minimum absolute atomic E-state index is 0. The maximum atomic E-state index is 13.0. The Morgan fingerprint density at radius 2 is 1.96 bits per heavy atom. The molecular weight excluding hydrogens is 326 g/mol. The zero-order valence-corrected chi connectivity index (χ0v) is 16.9. The highest BCUT2D eigenvalue weighted by atomic mass is 16.1. The van der Waals surface area contributed by atoms with E-state index < -0.39 is 0 Å². The fourth-order valence-corrected chi connectivity index (χ4v) is 3.40. The monoisotopic (exact) mass is 359 g/mol. The lowest BCUT2D eigenvalue weighted by atomic mass is 9.85. The number of aromatic nitrogens is 1. The van der Waals surface area contributed by atoms with E-state index in [0.29, 0.717) is 27.9 Å². The highest BCUT2D eigenvalue weighted by molar-refractivity contribution is 6.05. The first-order chi connectivity index (χ1) is 12.2. The quantitative estimate of drug-likeness (QED) is 0.804. The third-order valence-corrected chi connectivity index (χ3v) is 5.31. The van der Waals surface area contributed by atoms with Crippen LogP contribution in [0, 0.1) is 12.3 Å². The van der Waals surface area contributed by atoms with Gasteiger partial charge in [-0.3, -0.25) is 9.59 Å². The number of rotatable bonds is 4. The number of ketones is 1. The summed E-state index contributed by atoms with van der Waals surface area (Å²) in [7, 11) is 0. The zero-order chi connectivity index (χ0) is 19.5. The summed E-state index contributed by atoms with van der Waals surface area (Å²) in [6.07, 6.45) is 6.74. The van der Waals surface area contributed by atoms with Gasteiger partial charge in [-0.2, -0.15) is 0 Å². The molecule has 1 aliphatic rings. The van der Waals surface area contributed by atoms with E-state index in [9.17, 15) is 9.59 Å². The van der Waals surface area contributed by atoms with Crippen LogP contribution in [0.2, 0.25) is 0 Å². The lowest BCUT2D eigenvalue weighted by Crippen LogP contribution is -2.31. The Morgan fingerprint density at radius 1 is 1.27 bits per heavy atom. The standard InChI is InChI=1S/C21H31N3O2.H2/c1-7-14(2)23-20(26)18-15(3)17(16(4)25)13-22-19(18)24-11-8-9-21(5,6)10-12-24;/h7,13H,8-12H2,1-6H3,(H,23,26);1H/b14-7+;. The number of nitrogens with zero attached hydrogens (tertiary/aromatic N) is 2. The molecule has 1 saturated heterocycles. The van der Waals surface area contributed by atoms with E-state index in [0.717, 1.165) is 38.0 Å². The van der Waals surface area contributed by atoms with E-state index in [1.807, 2.05) is 26.8 Å². The molecule has 1 amide bonds. The van der Waals surface area contributed by atoms with Crippen molar-refractivity contribution >= 4 is 17.5 Å². The van der Waals surface area contributed by atoms with Gasteiger partial charge in [0.2, 0.25) is 0 Å². The van der Waals surface area contributed by atoms with Gasteiger partial charge in [0.1, 0.15) is 5.82 Å².